The van der Waals surface area contributed by atoms with Gasteiger partial charge in [-0.2, -0.15) is 0 Å². The molecule has 2 aromatic heterocycles. The van der Waals surface area contributed by atoms with Crippen LogP contribution in [0.2, 0.25) is 0 Å². The summed E-state index contributed by atoms with van der Waals surface area (Å²) in [4.78, 5) is 31.1. The highest BCUT2D eigenvalue weighted by Gasteiger charge is 2.17. The van der Waals surface area contributed by atoms with Crippen molar-refractivity contribution < 1.29 is 9.18 Å². The minimum atomic E-state index is -0.295. The van der Waals surface area contributed by atoms with E-state index >= 15 is 0 Å². The first kappa shape index (κ1) is 18.6. The molecule has 1 amide bonds. The van der Waals surface area contributed by atoms with Gasteiger partial charge in [-0.05, 0) is 24.6 Å². The molecule has 0 saturated heterocycles. The lowest BCUT2D eigenvalue weighted by Gasteiger charge is -2.25. The zero-order chi connectivity index (χ0) is 18.7. The molecule has 0 aliphatic carbocycles. The van der Waals surface area contributed by atoms with Crippen molar-refractivity contribution in [1.29, 1.82) is 0 Å². The highest BCUT2D eigenvalue weighted by Crippen LogP contribution is 2.20. The summed E-state index contributed by atoms with van der Waals surface area (Å²) in [6.45, 7) is 1.91. The molecule has 0 spiro atoms. The van der Waals surface area contributed by atoms with E-state index in [2.05, 4.69) is 4.98 Å². The number of halogens is 1. The van der Waals surface area contributed by atoms with Crippen molar-refractivity contribution >= 4 is 34.0 Å². The molecule has 136 valence electrons. The van der Waals surface area contributed by atoms with Crippen molar-refractivity contribution in [2.24, 2.45) is 0 Å². The Balaban J connectivity index is 1.57. The Morgan fingerprint density at radius 3 is 2.85 bits per heavy atom. The first-order valence-electron chi connectivity index (χ1n) is 8.00. The van der Waals surface area contributed by atoms with Crippen LogP contribution in [-0.4, -0.2) is 33.0 Å². The minimum Gasteiger partial charge on any atom is -0.338 e. The molecule has 8 heteroatoms. The molecule has 0 saturated carbocycles. The summed E-state index contributed by atoms with van der Waals surface area (Å²) in [5.41, 5.74) is 1.44. The molecule has 0 radical (unpaired) electrons. The van der Waals surface area contributed by atoms with Gasteiger partial charge in [0.05, 0.1) is 17.5 Å². The maximum atomic E-state index is 13.0. The van der Waals surface area contributed by atoms with Gasteiger partial charge in [-0.15, -0.1) is 23.1 Å². The van der Waals surface area contributed by atoms with Gasteiger partial charge >= 0.3 is 0 Å². The lowest BCUT2D eigenvalue weighted by Crippen LogP contribution is -2.31. The molecular formula is C18H18FN3O2S2. The number of nitrogens with zero attached hydrogens (tertiary/aromatic N) is 3. The number of thiazole rings is 1. The molecule has 3 rings (SSSR count). The lowest BCUT2D eigenvalue weighted by atomic mass is 10.1. The van der Waals surface area contributed by atoms with E-state index in [0.29, 0.717) is 16.4 Å². The minimum absolute atomic E-state index is 0.0271. The van der Waals surface area contributed by atoms with Crippen LogP contribution in [0.3, 0.4) is 0 Å². The number of hydrogen-bond acceptors (Lipinski definition) is 5. The molecule has 1 atom stereocenters. The zero-order valence-electron chi connectivity index (χ0n) is 14.4. The SMILES string of the molecule is CC(c1ccc(F)cc1)N(C)C(=O)CSCc1cc(=O)n2ccsc2n1. The van der Waals surface area contributed by atoms with Crippen LogP contribution in [0.15, 0.2) is 46.7 Å². The Kier molecular flexibility index (Phi) is 5.73. The summed E-state index contributed by atoms with van der Waals surface area (Å²) in [5.74, 6) is 0.458. The molecule has 0 bridgehead atoms. The van der Waals surface area contributed by atoms with E-state index in [0.717, 1.165) is 5.56 Å². The van der Waals surface area contributed by atoms with Crippen LogP contribution in [-0.2, 0) is 10.5 Å². The molecule has 0 aliphatic heterocycles. The lowest BCUT2D eigenvalue weighted by molar-refractivity contribution is -0.128. The number of thioether (sulfide) groups is 1. The van der Waals surface area contributed by atoms with E-state index in [1.54, 1.807) is 30.3 Å². The zero-order valence-corrected chi connectivity index (χ0v) is 16.0. The smallest absolute Gasteiger partial charge is 0.258 e. The summed E-state index contributed by atoms with van der Waals surface area (Å²) in [6, 6.07) is 7.51. The Morgan fingerprint density at radius 2 is 2.12 bits per heavy atom. The van der Waals surface area contributed by atoms with Crippen molar-refractivity contribution in [2.45, 2.75) is 18.7 Å². The first-order chi connectivity index (χ1) is 12.5. The predicted octanol–water partition coefficient (Wildman–Crippen LogP) is 3.35. The average Bonchev–Trinajstić information content (AvgIpc) is 3.10. The number of carbonyl (C=O) groups is 1. The molecular weight excluding hydrogens is 373 g/mol. The monoisotopic (exact) mass is 391 g/mol. The second-order valence-electron chi connectivity index (χ2n) is 5.87. The summed E-state index contributed by atoms with van der Waals surface area (Å²) in [6.07, 6.45) is 1.70. The topological polar surface area (TPSA) is 54.7 Å². The number of carbonyl (C=O) groups excluding carboxylic acids is 1. The van der Waals surface area contributed by atoms with Gasteiger partial charge in [0, 0.05) is 30.4 Å². The van der Waals surface area contributed by atoms with E-state index in [9.17, 15) is 14.0 Å². The van der Waals surface area contributed by atoms with Gasteiger partial charge in [-0.25, -0.2) is 9.37 Å². The third-order valence-corrected chi connectivity index (χ3v) is 5.87. The van der Waals surface area contributed by atoms with E-state index < -0.39 is 0 Å². The number of fused-ring (bicyclic) bond motifs is 1. The molecule has 5 nitrogen and oxygen atoms in total. The van der Waals surface area contributed by atoms with E-state index in [-0.39, 0.29) is 29.1 Å². The molecule has 1 aromatic carbocycles. The van der Waals surface area contributed by atoms with Gasteiger partial charge in [0.15, 0.2) is 4.96 Å². The summed E-state index contributed by atoms with van der Waals surface area (Å²) < 4.78 is 14.5. The standard InChI is InChI=1S/C18H18FN3O2S2/c1-12(13-3-5-14(19)6-4-13)21(2)17(24)11-25-10-15-9-16(23)22-7-8-26-18(22)20-15/h3-9,12H,10-11H2,1-2H3. The van der Waals surface area contributed by atoms with Gasteiger partial charge in [0.1, 0.15) is 5.82 Å². The average molecular weight is 391 g/mol. The molecule has 1 unspecified atom stereocenters. The second kappa shape index (κ2) is 8.01. The molecule has 2 heterocycles. The molecule has 0 fully saturated rings. The fourth-order valence-electron chi connectivity index (χ4n) is 2.49. The first-order valence-corrected chi connectivity index (χ1v) is 10.0. The second-order valence-corrected chi connectivity index (χ2v) is 7.72. The van der Waals surface area contributed by atoms with Crippen molar-refractivity contribution in [3.63, 3.8) is 0 Å². The van der Waals surface area contributed by atoms with Crippen LogP contribution in [0, 0.1) is 5.82 Å². The van der Waals surface area contributed by atoms with E-state index in [1.165, 1.54) is 45.7 Å². The predicted molar refractivity (Wildman–Crippen MR) is 103 cm³/mol. The molecule has 0 aliphatic rings. The van der Waals surface area contributed by atoms with Crippen LogP contribution in [0.1, 0.15) is 24.2 Å². The fourth-order valence-corrected chi connectivity index (χ4v) is 4.06. The largest absolute Gasteiger partial charge is 0.338 e. The van der Waals surface area contributed by atoms with E-state index in [1.807, 2.05) is 12.3 Å². The highest BCUT2D eigenvalue weighted by atomic mass is 32.2. The molecule has 3 aromatic rings. The van der Waals surface area contributed by atoms with Gasteiger partial charge in [0.25, 0.3) is 5.56 Å². The van der Waals surface area contributed by atoms with Crippen molar-refractivity contribution in [1.82, 2.24) is 14.3 Å². The molecule has 0 N–H and O–H groups in total. The number of benzene rings is 1. The highest BCUT2D eigenvalue weighted by molar-refractivity contribution is 7.99. The Hall–Kier alpha value is -2.19. The third kappa shape index (κ3) is 4.13. The van der Waals surface area contributed by atoms with Gasteiger partial charge in [0.2, 0.25) is 5.91 Å². The van der Waals surface area contributed by atoms with E-state index in [4.69, 9.17) is 0 Å². The summed E-state index contributed by atoms with van der Waals surface area (Å²) in [5, 5.41) is 1.82. The van der Waals surface area contributed by atoms with Gasteiger partial charge < -0.3 is 4.90 Å². The Morgan fingerprint density at radius 1 is 1.38 bits per heavy atom. The van der Waals surface area contributed by atoms with Crippen LogP contribution < -0.4 is 5.56 Å². The van der Waals surface area contributed by atoms with Gasteiger partial charge in [-0.1, -0.05) is 12.1 Å². The van der Waals surface area contributed by atoms with Crippen LogP contribution >= 0.6 is 23.1 Å². The number of aromatic nitrogens is 2. The van der Waals surface area contributed by atoms with Gasteiger partial charge in [-0.3, -0.25) is 14.0 Å². The number of hydrogen-bond donors (Lipinski definition) is 0. The Labute approximate surface area is 158 Å². The molecule has 26 heavy (non-hydrogen) atoms. The summed E-state index contributed by atoms with van der Waals surface area (Å²) in [7, 11) is 1.74. The Bertz CT molecular complexity index is 968. The quantitative estimate of drug-likeness (QED) is 0.647. The van der Waals surface area contributed by atoms with Crippen molar-refractivity contribution in [3.8, 4) is 0 Å². The fraction of sp³-hybridized carbons (Fsp3) is 0.278. The third-order valence-electron chi connectivity index (χ3n) is 4.16. The number of rotatable bonds is 6. The van der Waals surface area contributed by atoms with Crippen LogP contribution in [0.4, 0.5) is 4.39 Å². The van der Waals surface area contributed by atoms with Crippen molar-refractivity contribution in [3.05, 3.63) is 69.3 Å². The maximum absolute atomic E-state index is 13.0. The maximum Gasteiger partial charge on any atom is 0.258 e. The van der Waals surface area contributed by atoms with Crippen LogP contribution in [0.5, 0.6) is 0 Å². The summed E-state index contributed by atoms with van der Waals surface area (Å²) >= 11 is 2.82. The normalized spacial score (nSPS) is 12.3. The number of amides is 1. The van der Waals surface area contributed by atoms with Crippen LogP contribution in [0.25, 0.3) is 4.96 Å². The van der Waals surface area contributed by atoms with Crippen molar-refractivity contribution in [2.75, 3.05) is 12.8 Å².